The lowest BCUT2D eigenvalue weighted by molar-refractivity contribution is -0.0198. The number of hydrogen-bond acceptors (Lipinski definition) is 2. The maximum atomic E-state index is 10.6. The zero-order chi connectivity index (χ0) is 16.8. The summed E-state index contributed by atoms with van der Waals surface area (Å²) in [5.41, 5.74) is 3.45. The summed E-state index contributed by atoms with van der Waals surface area (Å²) in [6.07, 6.45) is 7.85. The van der Waals surface area contributed by atoms with E-state index in [1.165, 1.54) is 24.8 Å². The molecule has 3 aliphatic carbocycles. The molecule has 0 aliphatic heterocycles. The number of phenolic OH excluding ortho intramolecular Hbond substituents is 2. The van der Waals surface area contributed by atoms with Crippen LogP contribution in [-0.2, 0) is 6.42 Å². The van der Waals surface area contributed by atoms with Gasteiger partial charge in [0.2, 0.25) is 0 Å². The Labute approximate surface area is 140 Å². The zero-order valence-corrected chi connectivity index (χ0v) is 14.9. The molecule has 2 nitrogen and oxygen atoms in total. The van der Waals surface area contributed by atoms with Crippen molar-refractivity contribution in [3.05, 3.63) is 34.9 Å². The van der Waals surface area contributed by atoms with Gasteiger partial charge >= 0.3 is 0 Å². The van der Waals surface area contributed by atoms with E-state index in [2.05, 4.69) is 33.8 Å². The van der Waals surface area contributed by atoms with Gasteiger partial charge in [-0.15, -0.1) is 0 Å². The molecule has 3 atom stereocenters. The largest absolute Gasteiger partial charge is 0.507 e. The van der Waals surface area contributed by atoms with Gasteiger partial charge < -0.3 is 10.2 Å². The second kappa shape index (κ2) is 5.89. The van der Waals surface area contributed by atoms with E-state index < -0.39 is 0 Å². The standard InChI is InChI=1S/C21H30O2/c1-5-6-7-8-14-10-18(22)20(19(23)11-14)15-9-13(2)16-12-17(15)21(16,3)4/h9-11,15-17,22-23H,5-8,12H2,1-4H3/t15-,16+,17-/m0/s1. The molecular formula is C21H30O2. The van der Waals surface area contributed by atoms with Crippen LogP contribution in [0.1, 0.15) is 70.4 Å². The van der Waals surface area contributed by atoms with Gasteiger partial charge in [0.25, 0.3) is 0 Å². The van der Waals surface area contributed by atoms with E-state index in [1.807, 2.05) is 12.1 Å². The number of hydrogen-bond donors (Lipinski definition) is 2. The van der Waals surface area contributed by atoms with Gasteiger partial charge in [0.05, 0.1) is 0 Å². The van der Waals surface area contributed by atoms with Gasteiger partial charge in [-0.1, -0.05) is 45.3 Å². The number of benzene rings is 1. The van der Waals surface area contributed by atoms with Crippen molar-refractivity contribution in [2.75, 3.05) is 0 Å². The highest BCUT2D eigenvalue weighted by Gasteiger charge is 2.55. The highest BCUT2D eigenvalue weighted by Crippen LogP contribution is 2.64. The average Bonchev–Trinajstić information content (AvgIpc) is 2.45. The van der Waals surface area contributed by atoms with Crippen LogP contribution in [0.3, 0.4) is 0 Å². The summed E-state index contributed by atoms with van der Waals surface area (Å²) in [6, 6.07) is 3.73. The summed E-state index contributed by atoms with van der Waals surface area (Å²) >= 11 is 0. The molecule has 2 bridgehead atoms. The second-order valence-electron chi connectivity index (χ2n) is 8.16. The van der Waals surface area contributed by atoms with Crippen molar-refractivity contribution in [2.24, 2.45) is 17.3 Å². The molecule has 1 saturated carbocycles. The summed E-state index contributed by atoms with van der Waals surface area (Å²) in [5.74, 6) is 1.86. The molecule has 1 fully saturated rings. The van der Waals surface area contributed by atoms with Crippen LogP contribution in [0.4, 0.5) is 0 Å². The third-order valence-corrected chi connectivity index (χ3v) is 6.37. The lowest BCUT2D eigenvalue weighted by Crippen LogP contribution is -2.50. The highest BCUT2D eigenvalue weighted by atomic mass is 16.3. The van der Waals surface area contributed by atoms with E-state index >= 15 is 0 Å². The maximum Gasteiger partial charge on any atom is 0.123 e. The van der Waals surface area contributed by atoms with Gasteiger partial charge in [-0.25, -0.2) is 0 Å². The molecule has 2 N–H and O–H groups in total. The Morgan fingerprint density at radius 3 is 2.30 bits per heavy atom. The third kappa shape index (κ3) is 2.66. The van der Waals surface area contributed by atoms with Crippen molar-refractivity contribution >= 4 is 0 Å². The minimum absolute atomic E-state index is 0.139. The summed E-state index contributed by atoms with van der Waals surface area (Å²) in [7, 11) is 0. The fourth-order valence-corrected chi connectivity index (χ4v) is 4.89. The molecule has 4 rings (SSSR count). The lowest BCUT2D eigenvalue weighted by atomic mass is 9.45. The highest BCUT2D eigenvalue weighted by molar-refractivity contribution is 5.52. The van der Waals surface area contributed by atoms with Crippen molar-refractivity contribution in [3.8, 4) is 11.5 Å². The van der Waals surface area contributed by atoms with E-state index in [9.17, 15) is 10.2 Å². The second-order valence-corrected chi connectivity index (χ2v) is 8.16. The lowest BCUT2D eigenvalue weighted by Gasteiger charge is -2.59. The number of fused-ring (bicyclic) bond motifs is 1. The minimum atomic E-state index is 0.139. The number of unbranched alkanes of at least 4 members (excludes halogenated alkanes) is 2. The van der Waals surface area contributed by atoms with Gasteiger partial charge in [-0.2, -0.15) is 0 Å². The molecule has 0 amide bonds. The average molecular weight is 314 g/mol. The first-order valence-corrected chi connectivity index (χ1v) is 9.09. The normalized spacial score (nSPS) is 28.2. The molecule has 0 radical (unpaired) electrons. The van der Waals surface area contributed by atoms with E-state index in [1.54, 1.807) is 0 Å². The Morgan fingerprint density at radius 1 is 1.13 bits per heavy atom. The van der Waals surface area contributed by atoms with E-state index in [4.69, 9.17) is 0 Å². The SMILES string of the molecule is CCCCCc1cc(O)c([C@H]2C=C(C)[C@H]3C[C@@H]2C3(C)C)c(O)c1. The van der Waals surface area contributed by atoms with Gasteiger partial charge in [0.1, 0.15) is 11.5 Å². The molecule has 126 valence electrons. The molecule has 1 aromatic carbocycles. The molecule has 2 heteroatoms. The molecule has 3 aliphatic rings. The smallest absolute Gasteiger partial charge is 0.123 e. The molecule has 23 heavy (non-hydrogen) atoms. The van der Waals surface area contributed by atoms with Crippen LogP contribution in [0.2, 0.25) is 0 Å². The Morgan fingerprint density at radius 2 is 1.78 bits per heavy atom. The quantitative estimate of drug-likeness (QED) is 0.553. The van der Waals surface area contributed by atoms with Crippen molar-refractivity contribution in [1.82, 2.24) is 0 Å². The predicted molar refractivity (Wildman–Crippen MR) is 94.9 cm³/mol. The van der Waals surface area contributed by atoms with Crippen molar-refractivity contribution < 1.29 is 10.2 Å². The van der Waals surface area contributed by atoms with Crippen LogP contribution in [-0.4, -0.2) is 10.2 Å². The molecular weight excluding hydrogens is 284 g/mol. The fourth-order valence-electron chi connectivity index (χ4n) is 4.89. The summed E-state index contributed by atoms with van der Waals surface area (Å²) < 4.78 is 0. The minimum Gasteiger partial charge on any atom is -0.507 e. The first-order chi connectivity index (χ1) is 10.9. The van der Waals surface area contributed by atoms with Gasteiger partial charge in [-0.05, 0) is 61.1 Å². The number of aromatic hydroxyl groups is 2. The van der Waals surface area contributed by atoms with Crippen molar-refractivity contribution in [3.63, 3.8) is 0 Å². The monoisotopic (exact) mass is 314 g/mol. The first kappa shape index (κ1) is 16.4. The Balaban J connectivity index is 1.90. The van der Waals surface area contributed by atoms with Crippen LogP contribution in [0.25, 0.3) is 0 Å². The van der Waals surface area contributed by atoms with E-state index in [-0.39, 0.29) is 22.8 Å². The number of phenols is 2. The van der Waals surface area contributed by atoms with Crippen LogP contribution in [0, 0.1) is 17.3 Å². The molecule has 0 spiro atoms. The van der Waals surface area contributed by atoms with Crippen LogP contribution in [0.5, 0.6) is 11.5 Å². The number of aryl methyl sites for hydroxylation is 1. The fraction of sp³-hybridized carbons (Fsp3) is 0.619. The summed E-state index contributed by atoms with van der Waals surface area (Å²) in [5, 5.41) is 21.2. The molecule has 0 aromatic heterocycles. The van der Waals surface area contributed by atoms with Crippen LogP contribution < -0.4 is 0 Å². The Hall–Kier alpha value is -1.44. The molecule has 1 aromatic rings. The van der Waals surface area contributed by atoms with Crippen molar-refractivity contribution in [2.45, 2.75) is 65.7 Å². The van der Waals surface area contributed by atoms with Crippen molar-refractivity contribution in [1.29, 1.82) is 0 Å². The molecule has 0 saturated heterocycles. The first-order valence-electron chi connectivity index (χ1n) is 9.09. The Kier molecular flexibility index (Phi) is 4.20. The zero-order valence-electron chi connectivity index (χ0n) is 14.9. The van der Waals surface area contributed by atoms with Gasteiger partial charge in [-0.3, -0.25) is 0 Å². The summed E-state index contributed by atoms with van der Waals surface area (Å²) in [6.45, 7) is 9.02. The van der Waals surface area contributed by atoms with Crippen LogP contribution in [0.15, 0.2) is 23.8 Å². The van der Waals surface area contributed by atoms with Crippen LogP contribution >= 0.6 is 0 Å². The molecule has 0 heterocycles. The van der Waals surface area contributed by atoms with Gasteiger partial charge in [0, 0.05) is 11.5 Å². The predicted octanol–water partition coefficient (Wildman–Crippen LogP) is 5.54. The number of allylic oxidation sites excluding steroid dienone is 2. The van der Waals surface area contributed by atoms with Gasteiger partial charge in [0.15, 0.2) is 0 Å². The Bertz CT molecular complexity index is 604. The molecule has 0 unspecified atom stereocenters. The number of rotatable bonds is 5. The maximum absolute atomic E-state index is 10.6. The third-order valence-electron chi connectivity index (χ3n) is 6.37. The topological polar surface area (TPSA) is 40.5 Å². The van der Waals surface area contributed by atoms with E-state index in [0.29, 0.717) is 11.8 Å². The summed E-state index contributed by atoms with van der Waals surface area (Å²) in [4.78, 5) is 0. The van der Waals surface area contributed by atoms with E-state index in [0.717, 1.165) is 24.0 Å².